The second kappa shape index (κ2) is 8.67. The molecular weight excluding hydrogens is 469 g/mol. The van der Waals surface area contributed by atoms with E-state index in [4.69, 9.17) is 4.74 Å². The number of nitrogens with one attached hydrogen (secondary N) is 2. The highest BCUT2D eigenvalue weighted by molar-refractivity contribution is 6.10. The van der Waals surface area contributed by atoms with Gasteiger partial charge in [-0.05, 0) is 63.1 Å². The van der Waals surface area contributed by atoms with Gasteiger partial charge in [0.1, 0.15) is 11.4 Å². The van der Waals surface area contributed by atoms with Gasteiger partial charge in [-0.15, -0.1) is 8.78 Å². The molecule has 2 aliphatic rings. The number of urea groups is 1. The molecule has 1 aliphatic heterocycles. The van der Waals surface area contributed by atoms with E-state index in [0.717, 1.165) is 0 Å². The first-order valence-corrected chi connectivity index (χ1v) is 10.6. The third-order valence-corrected chi connectivity index (χ3v) is 5.16. The fourth-order valence-electron chi connectivity index (χ4n) is 3.68. The number of fused-ring (bicyclic) bond motifs is 2. The normalized spacial score (nSPS) is 18.7. The zero-order chi connectivity index (χ0) is 25.5. The molecule has 186 valence electrons. The Balaban J connectivity index is 1.52. The minimum Gasteiger partial charge on any atom is -0.444 e. The van der Waals surface area contributed by atoms with Crippen LogP contribution in [0.5, 0.6) is 11.5 Å². The number of carbonyl (C=O) groups excluding carboxylic acids is 2. The Hall–Kier alpha value is -3.96. The highest BCUT2D eigenvalue weighted by Crippen LogP contribution is 2.42. The summed E-state index contributed by atoms with van der Waals surface area (Å²) in [5.74, 6) is -0.836. The minimum atomic E-state index is -3.78. The van der Waals surface area contributed by atoms with Gasteiger partial charge in [0, 0.05) is 24.4 Å². The summed E-state index contributed by atoms with van der Waals surface area (Å²) in [5.41, 5.74) is 3.26. The van der Waals surface area contributed by atoms with Crippen LogP contribution in [0.3, 0.4) is 0 Å². The standard InChI is InChI=1S/C23H23F3N4O5/c1-22(2,3)35-21(32)30(4)16-10-12-9-13(24)5-7-15(12)19(16)28-29-20(31)27-14-6-8-17-18(11-14)34-23(25,26)33-17/h5-9,11,16H,10H2,1-4H3,(H2,27,29,31)/b28-19+. The Labute approximate surface area is 198 Å². The molecule has 1 atom stereocenters. The van der Waals surface area contributed by atoms with E-state index in [0.29, 0.717) is 16.8 Å². The molecule has 9 nitrogen and oxygen atoms in total. The quantitative estimate of drug-likeness (QED) is 0.616. The molecule has 0 aromatic heterocycles. The lowest BCUT2D eigenvalue weighted by Gasteiger charge is -2.28. The van der Waals surface area contributed by atoms with Gasteiger partial charge in [-0.2, -0.15) is 5.10 Å². The lowest BCUT2D eigenvalue weighted by atomic mass is 10.1. The Kier molecular flexibility index (Phi) is 5.99. The van der Waals surface area contributed by atoms with Crippen molar-refractivity contribution in [3.63, 3.8) is 0 Å². The van der Waals surface area contributed by atoms with E-state index in [-0.39, 0.29) is 23.6 Å². The largest absolute Gasteiger partial charge is 0.586 e. The fourth-order valence-corrected chi connectivity index (χ4v) is 3.68. The van der Waals surface area contributed by atoms with Gasteiger partial charge < -0.3 is 24.4 Å². The molecule has 0 spiro atoms. The number of likely N-dealkylation sites (N-methyl/N-ethyl adjacent to an activating group) is 1. The number of hydrogen-bond acceptors (Lipinski definition) is 6. The number of nitrogens with zero attached hydrogens (tertiary/aromatic N) is 2. The summed E-state index contributed by atoms with van der Waals surface area (Å²) in [6.45, 7) is 5.20. The zero-order valence-corrected chi connectivity index (χ0v) is 19.3. The monoisotopic (exact) mass is 492 g/mol. The van der Waals surface area contributed by atoms with Crippen molar-refractivity contribution in [2.75, 3.05) is 12.4 Å². The maximum Gasteiger partial charge on any atom is 0.586 e. The zero-order valence-electron chi connectivity index (χ0n) is 19.3. The molecule has 2 N–H and O–H groups in total. The average Bonchev–Trinajstić information content (AvgIpc) is 3.24. The Morgan fingerprint density at radius 3 is 2.57 bits per heavy atom. The average molecular weight is 492 g/mol. The van der Waals surface area contributed by atoms with Crippen LogP contribution in [0.25, 0.3) is 0 Å². The van der Waals surface area contributed by atoms with E-state index in [2.05, 4.69) is 25.3 Å². The van der Waals surface area contributed by atoms with E-state index >= 15 is 0 Å². The third kappa shape index (κ3) is 5.42. The molecule has 0 fully saturated rings. The number of carbonyl (C=O) groups is 2. The Morgan fingerprint density at radius 1 is 1.14 bits per heavy atom. The lowest BCUT2D eigenvalue weighted by molar-refractivity contribution is -0.286. The van der Waals surface area contributed by atoms with E-state index in [1.165, 1.54) is 48.3 Å². The van der Waals surface area contributed by atoms with Crippen molar-refractivity contribution in [3.05, 3.63) is 53.3 Å². The molecular formula is C23H23F3N4O5. The molecule has 2 aromatic rings. The Morgan fingerprint density at radius 2 is 1.86 bits per heavy atom. The molecule has 0 saturated heterocycles. The molecule has 1 aliphatic carbocycles. The van der Waals surface area contributed by atoms with Crippen molar-refractivity contribution >= 4 is 23.5 Å². The number of benzene rings is 2. The predicted molar refractivity (Wildman–Crippen MR) is 119 cm³/mol. The van der Waals surface area contributed by atoms with Crippen LogP contribution in [-0.4, -0.2) is 47.7 Å². The molecule has 1 heterocycles. The molecule has 0 saturated carbocycles. The van der Waals surface area contributed by atoms with Gasteiger partial charge in [-0.1, -0.05) is 0 Å². The molecule has 1 unspecified atom stereocenters. The second-order valence-corrected chi connectivity index (χ2v) is 9.00. The number of hydrazone groups is 1. The van der Waals surface area contributed by atoms with Crippen molar-refractivity contribution < 1.29 is 37.0 Å². The van der Waals surface area contributed by atoms with Crippen molar-refractivity contribution in [1.29, 1.82) is 0 Å². The van der Waals surface area contributed by atoms with E-state index in [1.54, 1.807) is 20.8 Å². The van der Waals surface area contributed by atoms with Crippen LogP contribution < -0.4 is 20.2 Å². The molecule has 3 amide bonds. The molecule has 0 radical (unpaired) electrons. The van der Waals surface area contributed by atoms with Crippen LogP contribution in [0.1, 0.15) is 31.9 Å². The van der Waals surface area contributed by atoms with Gasteiger partial charge in [0.05, 0.1) is 11.8 Å². The van der Waals surface area contributed by atoms with Crippen molar-refractivity contribution in [2.45, 2.75) is 45.1 Å². The lowest BCUT2D eigenvalue weighted by Crippen LogP contribution is -2.44. The van der Waals surface area contributed by atoms with E-state index in [9.17, 15) is 22.8 Å². The predicted octanol–water partition coefficient (Wildman–Crippen LogP) is 4.46. The van der Waals surface area contributed by atoms with Crippen LogP contribution >= 0.6 is 0 Å². The number of hydrogen-bond donors (Lipinski definition) is 2. The van der Waals surface area contributed by atoms with Crippen LogP contribution in [0.2, 0.25) is 0 Å². The SMILES string of the molecule is CN(C(=O)OC(C)(C)C)C1Cc2cc(F)ccc2/C1=N\NC(=O)Nc1ccc2c(c1)OC(F)(F)O2. The van der Waals surface area contributed by atoms with Crippen molar-refractivity contribution in [3.8, 4) is 11.5 Å². The van der Waals surface area contributed by atoms with Gasteiger partial charge in [0.25, 0.3) is 0 Å². The number of alkyl halides is 2. The van der Waals surface area contributed by atoms with Crippen LogP contribution in [0.15, 0.2) is 41.5 Å². The number of rotatable bonds is 3. The summed E-state index contributed by atoms with van der Waals surface area (Å²) in [4.78, 5) is 26.4. The van der Waals surface area contributed by atoms with Crippen LogP contribution in [0.4, 0.5) is 28.4 Å². The number of anilines is 1. The first-order valence-electron chi connectivity index (χ1n) is 10.6. The molecule has 12 heteroatoms. The minimum absolute atomic E-state index is 0.152. The molecule has 35 heavy (non-hydrogen) atoms. The first kappa shape index (κ1) is 24.2. The smallest absolute Gasteiger partial charge is 0.444 e. The first-order chi connectivity index (χ1) is 16.3. The second-order valence-electron chi connectivity index (χ2n) is 9.00. The van der Waals surface area contributed by atoms with Crippen LogP contribution in [0, 0.1) is 5.82 Å². The van der Waals surface area contributed by atoms with Gasteiger partial charge >= 0.3 is 18.4 Å². The summed E-state index contributed by atoms with van der Waals surface area (Å²) in [5, 5.41) is 6.63. The molecule has 2 aromatic carbocycles. The summed E-state index contributed by atoms with van der Waals surface area (Å²) < 4.78 is 54.3. The van der Waals surface area contributed by atoms with Crippen LogP contribution in [-0.2, 0) is 11.2 Å². The molecule has 0 bridgehead atoms. The highest BCUT2D eigenvalue weighted by atomic mass is 19.3. The van der Waals surface area contributed by atoms with Gasteiger partial charge in [-0.3, -0.25) is 0 Å². The van der Waals surface area contributed by atoms with Crippen molar-refractivity contribution in [2.24, 2.45) is 5.10 Å². The van der Waals surface area contributed by atoms with E-state index in [1.807, 2.05) is 0 Å². The fraction of sp³-hybridized carbons (Fsp3) is 0.348. The topological polar surface area (TPSA) is 101 Å². The maximum atomic E-state index is 13.8. The summed E-state index contributed by atoms with van der Waals surface area (Å²) >= 11 is 0. The van der Waals surface area contributed by atoms with Crippen molar-refractivity contribution in [1.82, 2.24) is 10.3 Å². The Bertz CT molecular complexity index is 1210. The van der Waals surface area contributed by atoms with Gasteiger partial charge in [0.15, 0.2) is 11.5 Å². The highest BCUT2D eigenvalue weighted by Gasteiger charge is 2.43. The number of amides is 3. The summed E-state index contributed by atoms with van der Waals surface area (Å²) in [6, 6.07) is 6.46. The van der Waals surface area contributed by atoms with Gasteiger partial charge in [0.2, 0.25) is 0 Å². The summed E-state index contributed by atoms with van der Waals surface area (Å²) in [7, 11) is 1.53. The maximum absolute atomic E-state index is 13.8. The summed E-state index contributed by atoms with van der Waals surface area (Å²) in [6.07, 6.45) is -4.12. The van der Waals surface area contributed by atoms with Gasteiger partial charge in [-0.25, -0.2) is 19.4 Å². The molecule has 4 rings (SSSR count). The van der Waals surface area contributed by atoms with E-state index < -0.39 is 35.9 Å². The number of halogens is 3. The number of ether oxygens (including phenoxy) is 3. The third-order valence-electron chi connectivity index (χ3n) is 5.16.